The summed E-state index contributed by atoms with van der Waals surface area (Å²) in [5.41, 5.74) is -8.79. The third-order valence-electron chi connectivity index (χ3n) is 4.76. The second-order valence-electron chi connectivity index (χ2n) is 6.77. The van der Waals surface area contributed by atoms with Crippen LogP contribution in [0.4, 0.5) is 43.9 Å². The maximum atomic E-state index is 14.1. The van der Waals surface area contributed by atoms with Gasteiger partial charge in [-0.15, -0.1) is 0 Å². The predicted octanol–water partition coefficient (Wildman–Crippen LogP) is 6.71. The van der Waals surface area contributed by atoms with Crippen molar-refractivity contribution >= 4 is 21.6 Å². The highest BCUT2D eigenvalue weighted by Gasteiger charge is 2.59. The minimum absolute atomic E-state index is 0.0399. The fraction of sp³-hybridized carbons (Fsp3) is 0.333. The van der Waals surface area contributed by atoms with Crippen molar-refractivity contribution in [3.63, 3.8) is 0 Å². The van der Waals surface area contributed by atoms with E-state index in [9.17, 15) is 43.9 Å². The van der Waals surface area contributed by atoms with Crippen LogP contribution in [0.15, 0.2) is 39.8 Å². The molecule has 168 valence electrons. The molecule has 3 rings (SSSR count). The highest BCUT2D eigenvalue weighted by atomic mass is 79.9. The van der Waals surface area contributed by atoms with Crippen LogP contribution in [0.3, 0.4) is 0 Å². The van der Waals surface area contributed by atoms with Crippen molar-refractivity contribution < 1.29 is 43.9 Å². The Kier molecular flexibility index (Phi) is 5.64. The molecule has 2 aromatic rings. The van der Waals surface area contributed by atoms with Gasteiger partial charge in [0.15, 0.2) is 0 Å². The van der Waals surface area contributed by atoms with E-state index in [4.69, 9.17) is 0 Å². The van der Waals surface area contributed by atoms with Gasteiger partial charge >= 0.3 is 18.5 Å². The summed E-state index contributed by atoms with van der Waals surface area (Å²) >= 11 is 2.86. The van der Waals surface area contributed by atoms with E-state index in [0.29, 0.717) is 0 Å². The molecule has 0 radical (unpaired) electrons. The summed E-state index contributed by atoms with van der Waals surface area (Å²) in [6.45, 7) is -1.14. The zero-order valence-electron chi connectivity index (χ0n) is 14.9. The summed E-state index contributed by atoms with van der Waals surface area (Å²) in [5, 5.41) is 0. The van der Waals surface area contributed by atoms with E-state index in [1.807, 2.05) is 0 Å². The van der Waals surface area contributed by atoms with Gasteiger partial charge in [-0.3, -0.25) is 4.99 Å². The Bertz CT molecular complexity index is 1010. The summed E-state index contributed by atoms with van der Waals surface area (Å²) < 4.78 is 134. The van der Waals surface area contributed by atoms with Crippen molar-refractivity contribution in [3.8, 4) is 0 Å². The largest absolute Gasteiger partial charge is 0.433 e. The smallest absolute Gasteiger partial charge is 0.288 e. The molecular weight excluding hydrogens is 514 g/mol. The van der Waals surface area contributed by atoms with E-state index >= 15 is 0 Å². The molecule has 1 aromatic carbocycles. The van der Waals surface area contributed by atoms with Crippen LogP contribution in [0.2, 0.25) is 0 Å². The van der Waals surface area contributed by atoms with Gasteiger partial charge < -0.3 is 0 Å². The lowest BCUT2D eigenvalue weighted by molar-refractivity contribution is -0.185. The van der Waals surface area contributed by atoms with Gasteiger partial charge in [0.2, 0.25) is 0 Å². The number of alkyl halides is 9. The third kappa shape index (κ3) is 4.41. The van der Waals surface area contributed by atoms with Crippen LogP contribution in [0.25, 0.3) is 0 Å². The van der Waals surface area contributed by atoms with Gasteiger partial charge in [0.1, 0.15) is 22.6 Å². The van der Waals surface area contributed by atoms with Crippen LogP contribution in [-0.2, 0) is 17.8 Å². The first kappa shape index (κ1) is 23.5. The van der Waals surface area contributed by atoms with Crippen LogP contribution < -0.4 is 0 Å². The Morgan fingerprint density at radius 3 is 1.84 bits per heavy atom. The molecule has 0 fully saturated rings. The third-order valence-corrected chi connectivity index (χ3v) is 5.37. The van der Waals surface area contributed by atoms with Crippen molar-refractivity contribution in [1.29, 1.82) is 0 Å². The van der Waals surface area contributed by atoms with Gasteiger partial charge in [-0.1, -0.05) is 6.07 Å². The SMILES string of the molecule is Fc1ccc(C2=NCC(c3cc(C(F)(F)F)nc(C(F)(F)F)c3)(C(F)(F)F)C2)cc1Br. The van der Waals surface area contributed by atoms with E-state index in [1.165, 1.54) is 0 Å². The average molecular weight is 523 g/mol. The molecule has 31 heavy (non-hydrogen) atoms. The predicted molar refractivity (Wildman–Crippen MR) is 92.1 cm³/mol. The Labute approximate surface area is 176 Å². The van der Waals surface area contributed by atoms with Crippen LogP contribution in [0.1, 0.15) is 28.9 Å². The molecule has 1 unspecified atom stereocenters. The lowest BCUT2D eigenvalue weighted by Crippen LogP contribution is -2.44. The molecule has 1 atom stereocenters. The monoisotopic (exact) mass is 522 g/mol. The Morgan fingerprint density at radius 1 is 0.839 bits per heavy atom. The standard InChI is InChI=1S/C18H9BrF10N2/c19-10-3-8(1-2-11(10)20)12-6-15(7-30-12,18(27,28)29)9-4-13(16(21,22)23)31-14(5-9)17(24,25)26/h1-5H,6-7H2. The Balaban J connectivity index is 2.16. The van der Waals surface area contributed by atoms with Crippen molar-refractivity contribution in [1.82, 2.24) is 4.98 Å². The first-order valence-corrected chi connectivity index (χ1v) is 9.06. The molecule has 1 aromatic heterocycles. The lowest BCUT2D eigenvalue weighted by Gasteiger charge is -2.32. The molecule has 1 aliphatic heterocycles. The van der Waals surface area contributed by atoms with E-state index in [1.54, 1.807) is 0 Å². The number of hydrogen-bond donors (Lipinski definition) is 0. The summed E-state index contributed by atoms with van der Waals surface area (Å²) in [5.74, 6) is -0.719. The van der Waals surface area contributed by atoms with Crippen molar-refractivity contribution in [2.75, 3.05) is 6.54 Å². The number of aromatic nitrogens is 1. The van der Waals surface area contributed by atoms with E-state index in [-0.39, 0.29) is 27.9 Å². The zero-order valence-corrected chi connectivity index (χ0v) is 16.4. The first-order chi connectivity index (χ1) is 14.0. The number of nitrogens with zero attached hydrogens (tertiary/aromatic N) is 2. The highest BCUT2D eigenvalue weighted by molar-refractivity contribution is 9.10. The summed E-state index contributed by atoms with van der Waals surface area (Å²) in [6, 6.07) is 3.09. The van der Waals surface area contributed by atoms with E-state index in [0.717, 1.165) is 18.2 Å². The molecule has 0 saturated heterocycles. The maximum Gasteiger partial charge on any atom is 0.433 e. The molecule has 0 amide bonds. The second kappa shape index (κ2) is 7.45. The Morgan fingerprint density at radius 2 is 1.39 bits per heavy atom. The van der Waals surface area contributed by atoms with Gasteiger partial charge in [-0.05, 0) is 51.3 Å². The quantitative estimate of drug-likeness (QED) is 0.402. The Hall–Kier alpha value is -2.18. The molecule has 0 bridgehead atoms. The lowest BCUT2D eigenvalue weighted by atomic mass is 9.76. The molecule has 0 aliphatic carbocycles. The number of pyridine rings is 1. The molecule has 0 N–H and O–H groups in total. The van der Waals surface area contributed by atoms with Gasteiger partial charge in [0.25, 0.3) is 0 Å². The van der Waals surface area contributed by atoms with Gasteiger partial charge in [-0.2, -0.15) is 39.5 Å². The zero-order chi connectivity index (χ0) is 23.4. The minimum Gasteiger partial charge on any atom is -0.288 e. The van der Waals surface area contributed by atoms with E-state index in [2.05, 4.69) is 25.9 Å². The van der Waals surface area contributed by atoms with Crippen molar-refractivity contribution in [2.24, 2.45) is 4.99 Å². The summed E-state index contributed by atoms with van der Waals surface area (Å²) in [4.78, 5) is 6.18. The van der Waals surface area contributed by atoms with Crippen molar-refractivity contribution in [2.45, 2.75) is 30.4 Å². The van der Waals surface area contributed by atoms with Crippen LogP contribution in [-0.4, -0.2) is 23.4 Å². The molecule has 1 aliphatic rings. The molecule has 0 spiro atoms. The highest BCUT2D eigenvalue weighted by Crippen LogP contribution is 2.49. The van der Waals surface area contributed by atoms with Crippen molar-refractivity contribution in [3.05, 3.63) is 63.1 Å². The van der Waals surface area contributed by atoms with Gasteiger partial charge in [0.05, 0.1) is 11.0 Å². The number of hydrogen-bond acceptors (Lipinski definition) is 2. The van der Waals surface area contributed by atoms with E-state index < -0.39 is 59.7 Å². The minimum atomic E-state index is -5.41. The van der Waals surface area contributed by atoms with Gasteiger partial charge in [0, 0.05) is 12.1 Å². The van der Waals surface area contributed by atoms with Crippen LogP contribution in [0, 0.1) is 5.82 Å². The fourth-order valence-electron chi connectivity index (χ4n) is 3.14. The number of benzene rings is 1. The molecule has 0 saturated carbocycles. The first-order valence-electron chi connectivity index (χ1n) is 8.27. The molecular formula is C18H9BrF10N2. The molecule has 2 nitrogen and oxygen atoms in total. The molecule has 2 heterocycles. The summed E-state index contributed by atoms with van der Waals surface area (Å²) in [7, 11) is 0. The maximum absolute atomic E-state index is 14.1. The number of aliphatic imine (C=N–C) groups is 1. The molecule has 13 heteroatoms. The fourth-order valence-corrected chi connectivity index (χ4v) is 3.52. The average Bonchev–Trinajstić information content (AvgIpc) is 3.09. The van der Waals surface area contributed by atoms with Crippen LogP contribution in [0.5, 0.6) is 0 Å². The number of rotatable bonds is 2. The van der Waals surface area contributed by atoms with Crippen LogP contribution >= 0.6 is 15.9 Å². The second-order valence-corrected chi connectivity index (χ2v) is 7.62. The summed E-state index contributed by atoms with van der Waals surface area (Å²) in [6.07, 6.45) is -17.1. The topological polar surface area (TPSA) is 25.2 Å². The number of halogens is 11. The normalized spacial score (nSPS) is 20.2. The van der Waals surface area contributed by atoms with Gasteiger partial charge in [-0.25, -0.2) is 9.37 Å².